The lowest BCUT2D eigenvalue weighted by Crippen LogP contribution is -2.40. The quantitative estimate of drug-likeness (QED) is 0.676. The van der Waals surface area contributed by atoms with E-state index >= 15 is 0 Å². The Morgan fingerprint density at radius 2 is 1.87 bits per heavy atom. The molecule has 0 heterocycles. The van der Waals surface area contributed by atoms with Crippen molar-refractivity contribution in [3.8, 4) is 0 Å². The Kier molecular flexibility index (Phi) is 5.36. The molecule has 2 N–H and O–H groups in total. The fraction of sp³-hybridized carbons (Fsp3) is 0.667. The van der Waals surface area contributed by atoms with E-state index in [0.717, 1.165) is 0 Å². The van der Waals surface area contributed by atoms with Crippen LogP contribution in [0.3, 0.4) is 0 Å². The molecule has 0 spiro atoms. The van der Waals surface area contributed by atoms with Crippen LogP contribution in [0.1, 0.15) is 20.8 Å². The third-order valence-electron chi connectivity index (χ3n) is 1.15. The molecule has 0 aliphatic carbocycles. The largest absolute Gasteiger partial charge is 0.444 e. The summed E-state index contributed by atoms with van der Waals surface area (Å²) in [6.45, 7) is 4.74. The Morgan fingerprint density at radius 1 is 1.27 bits per heavy atom. The summed E-state index contributed by atoms with van der Waals surface area (Å²) < 4.78 is 4.89. The lowest BCUT2D eigenvalue weighted by Gasteiger charge is -2.19. The Bertz CT molecular complexity index is 245. The van der Waals surface area contributed by atoms with Gasteiger partial charge in [0, 0.05) is 0 Å². The molecule has 1 radical (unpaired) electrons. The maximum atomic E-state index is 11.0. The lowest BCUT2D eigenvalue weighted by molar-refractivity contribution is -0.120. The molecule has 0 saturated carbocycles. The first-order chi connectivity index (χ1) is 6.85. The van der Waals surface area contributed by atoms with Crippen molar-refractivity contribution < 1.29 is 19.1 Å². The second kappa shape index (κ2) is 6.00. The van der Waals surface area contributed by atoms with Crippen molar-refractivity contribution in [3.05, 3.63) is 0 Å². The van der Waals surface area contributed by atoms with Gasteiger partial charge in [0.15, 0.2) is 0 Å². The highest BCUT2D eigenvalue weighted by atomic mass is 16.6. The van der Waals surface area contributed by atoms with Crippen LogP contribution >= 0.6 is 0 Å². The summed E-state index contributed by atoms with van der Waals surface area (Å²) in [5.41, 5.74) is -0.600. The number of hydrogen-bond acceptors (Lipinski definition) is 4. The molecule has 6 heteroatoms. The number of amides is 2. The molecule has 0 aliphatic heterocycles. The molecule has 15 heavy (non-hydrogen) atoms. The molecule has 0 aromatic carbocycles. The molecule has 0 saturated heterocycles. The molecule has 0 fully saturated rings. The number of hydrogen-bond donors (Lipinski definition) is 2. The van der Waals surface area contributed by atoms with Gasteiger partial charge in [-0.05, 0) is 20.8 Å². The van der Waals surface area contributed by atoms with Crippen molar-refractivity contribution in [3.63, 3.8) is 0 Å². The van der Waals surface area contributed by atoms with E-state index in [2.05, 4.69) is 10.6 Å². The van der Waals surface area contributed by atoms with Gasteiger partial charge in [0.1, 0.15) is 12.1 Å². The molecule has 6 nitrogen and oxygen atoms in total. The fourth-order valence-corrected chi connectivity index (χ4v) is 0.664. The van der Waals surface area contributed by atoms with Gasteiger partial charge in [0.05, 0.1) is 6.54 Å². The molecular weight excluding hydrogens is 200 g/mol. The minimum Gasteiger partial charge on any atom is -0.444 e. The van der Waals surface area contributed by atoms with Gasteiger partial charge >= 0.3 is 6.09 Å². The summed E-state index contributed by atoms with van der Waals surface area (Å²) in [5.74, 6) is -0.468. The first kappa shape index (κ1) is 13.4. The maximum absolute atomic E-state index is 11.0. The van der Waals surface area contributed by atoms with Crippen molar-refractivity contribution in [2.24, 2.45) is 0 Å². The zero-order valence-electron chi connectivity index (χ0n) is 9.05. The Labute approximate surface area is 88.4 Å². The Hall–Kier alpha value is -1.59. The standard InChI is InChI=1S/C9H15N2O4/c1-9(2,3)15-8(14)11-6-7(13)10-4-5-12/h4,6H2,1-3H3,(H,10,13)(H,11,14). The minimum atomic E-state index is -0.673. The predicted octanol–water partition coefficient (Wildman–Crippen LogP) is -0.263. The van der Waals surface area contributed by atoms with Crippen molar-refractivity contribution in [2.75, 3.05) is 13.1 Å². The van der Waals surface area contributed by atoms with E-state index in [4.69, 9.17) is 4.74 Å². The Morgan fingerprint density at radius 3 is 2.33 bits per heavy atom. The van der Waals surface area contributed by atoms with E-state index < -0.39 is 17.6 Å². The van der Waals surface area contributed by atoms with Crippen LogP contribution in [-0.4, -0.2) is 37.0 Å². The lowest BCUT2D eigenvalue weighted by atomic mass is 10.2. The molecule has 2 amide bonds. The molecule has 0 atom stereocenters. The third kappa shape index (κ3) is 8.73. The maximum Gasteiger partial charge on any atom is 0.408 e. The number of carbonyl (C=O) groups is 2. The van der Waals surface area contributed by atoms with E-state index in [-0.39, 0.29) is 13.1 Å². The fourth-order valence-electron chi connectivity index (χ4n) is 0.664. The van der Waals surface area contributed by atoms with Crippen molar-refractivity contribution in [1.82, 2.24) is 10.6 Å². The van der Waals surface area contributed by atoms with E-state index in [1.54, 1.807) is 20.8 Å². The number of alkyl carbamates (subject to hydrolysis) is 1. The second-order valence-corrected chi connectivity index (χ2v) is 3.78. The van der Waals surface area contributed by atoms with Gasteiger partial charge < -0.3 is 15.4 Å². The normalized spacial score (nSPS) is 10.3. The van der Waals surface area contributed by atoms with Crippen molar-refractivity contribution in [1.29, 1.82) is 0 Å². The highest BCUT2D eigenvalue weighted by molar-refractivity contribution is 5.83. The first-order valence-corrected chi connectivity index (χ1v) is 4.43. The van der Waals surface area contributed by atoms with Crippen LogP contribution in [0.25, 0.3) is 0 Å². The predicted molar refractivity (Wildman–Crippen MR) is 52.9 cm³/mol. The summed E-state index contributed by atoms with van der Waals surface area (Å²) in [5, 5.41) is 4.46. The van der Waals surface area contributed by atoms with Gasteiger partial charge in [-0.25, -0.2) is 4.79 Å². The topological polar surface area (TPSA) is 84.5 Å². The van der Waals surface area contributed by atoms with Crippen LogP contribution in [0.4, 0.5) is 4.79 Å². The van der Waals surface area contributed by atoms with Gasteiger partial charge in [-0.15, -0.1) is 0 Å². The SMILES string of the molecule is CC(C)(C)OC(=O)NCC(=O)NC[C]=O. The third-order valence-corrected chi connectivity index (χ3v) is 1.15. The highest BCUT2D eigenvalue weighted by Crippen LogP contribution is 2.05. The molecule has 0 aromatic heterocycles. The molecular formula is C9H15N2O4. The van der Waals surface area contributed by atoms with Gasteiger partial charge in [0.2, 0.25) is 12.2 Å². The smallest absolute Gasteiger partial charge is 0.408 e. The van der Waals surface area contributed by atoms with Gasteiger partial charge in [-0.2, -0.15) is 0 Å². The van der Waals surface area contributed by atoms with Gasteiger partial charge in [-0.1, -0.05) is 0 Å². The van der Waals surface area contributed by atoms with Crippen LogP contribution in [0.2, 0.25) is 0 Å². The summed E-state index contributed by atoms with van der Waals surface area (Å²) in [6.07, 6.45) is 0.825. The molecule has 0 unspecified atom stereocenters. The molecule has 85 valence electrons. The zero-order chi connectivity index (χ0) is 11.9. The van der Waals surface area contributed by atoms with Crippen LogP contribution in [0.5, 0.6) is 0 Å². The van der Waals surface area contributed by atoms with Crippen LogP contribution < -0.4 is 10.6 Å². The molecule has 0 rings (SSSR count). The average Bonchev–Trinajstić information content (AvgIpc) is 2.08. The van der Waals surface area contributed by atoms with Crippen molar-refractivity contribution in [2.45, 2.75) is 26.4 Å². The minimum absolute atomic E-state index is 0.186. The van der Waals surface area contributed by atoms with E-state index in [1.165, 1.54) is 6.29 Å². The number of nitrogens with one attached hydrogen (secondary N) is 2. The summed E-state index contributed by atoms with van der Waals surface area (Å²) >= 11 is 0. The molecule has 0 aliphatic rings. The van der Waals surface area contributed by atoms with E-state index in [0.29, 0.717) is 0 Å². The zero-order valence-corrected chi connectivity index (χ0v) is 9.05. The monoisotopic (exact) mass is 215 g/mol. The first-order valence-electron chi connectivity index (χ1n) is 4.43. The van der Waals surface area contributed by atoms with Gasteiger partial charge in [-0.3, -0.25) is 9.59 Å². The van der Waals surface area contributed by atoms with Crippen molar-refractivity contribution >= 4 is 18.3 Å². The van der Waals surface area contributed by atoms with Crippen LogP contribution in [0.15, 0.2) is 0 Å². The van der Waals surface area contributed by atoms with Crippen LogP contribution in [-0.2, 0) is 14.3 Å². The summed E-state index contributed by atoms with van der Waals surface area (Å²) in [7, 11) is 0. The van der Waals surface area contributed by atoms with E-state index in [1.807, 2.05) is 0 Å². The Balaban J connectivity index is 3.71. The number of carbonyl (C=O) groups excluding carboxylic acids is 3. The molecule has 0 aromatic rings. The highest BCUT2D eigenvalue weighted by Gasteiger charge is 2.16. The second-order valence-electron chi connectivity index (χ2n) is 3.78. The molecule has 0 bridgehead atoms. The van der Waals surface area contributed by atoms with Crippen LogP contribution in [0, 0.1) is 0 Å². The average molecular weight is 215 g/mol. The number of ether oxygens (including phenoxy) is 1. The summed E-state index contributed by atoms with van der Waals surface area (Å²) in [4.78, 5) is 31.7. The van der Waals surface area contributed by atoms with E-state index in [9.17, 15) is 14.4 Å². The number of rotatable bonds is 4. The summed E-state index contributed by atoms with van der Waals surface area (Å²) in [6, 6.07) is 0. The van der Waals surface area contributed by atoms with Gasteiger partial charge in [0.25, 0.3) is 0 Å².